The Bertz CT molecular complexity index is 485. The summed E-state index contributed by atoms with van der Waals surface area (Å²) in [4.78, 5) is -0.0990. The van der Waals surface area contributed by atoms with Gasteiger partial charge in [0.05, 0.1) is 0 Å². The molecule has 0 saturated carbocycles. The average Bonchev–Trinajstić information content (AvgIpc) is 2.33. The van der Waals surface area contributed by atoms with Gasteiger partial charge < -0.3 is 9.84 Å². The number of hydrogen-bond acceptors (Lipinski definition) is 4. The number of hydrogen-bond donors (Lipinski definition) is 2. The molecule has 0 aliphatic carbocycles. The molecule has 0 radical (unpaired) electrons. The Kier molecular flexibility index (Phi) is 6.27. The van der Waals surface area contributed by atoms with Gasteiger partial charge in [-0.05, 0) is 24.5 Å². The van der Waals surface area contributed by atoms with Crippen molar-refractivity contribution in [2.24, 2.45) is 5.92 Å². The summed E-state index contributed by atoms with van der Waals surface area (Å²) in [7, 11) is -3.65. The molecule has 5 nitrogen and oxygen atoms in total. The second-order valence-electron chi connectivity index (χ2n) is 4.69. The monoisotopic (exact) mass is 287 g/mol. The van der Waals surface area contributed by atoms with E-state index in [1.165, 1.54) is 12.1 Å². The van der Waals surface area contributed by atoms with Crippen LogP contribution in [0.15, 0.2) is 29.2 Å². The summed E-state index contributed by atoms with van der Waals surface area (Å²) in [6.07, 6.45) is 0.597. The molecule has 0 aliphatic heterocycles. The molecule has 19 heavy (non-hydrogen) atoms. The largest absolute Gasteiger partial charge is 0.507 e. The van der Waals surface area contributed by atoms with Crippen molar-refractivity contribution in [2.75, 3.05) is 19.8 Å². The summed E-state index contributed by atoms with van der Waals surface area (Å²) < 4.78 is 31.6. The van der Waals surface area contributed by atoms with Crippen LogP contribution in [0.3, 0.4) is 0 Å². The van der Waals surface area contributed by atoms with E-state index in [2.05, 4.69) is 18.6 Å². The predicted molar refractivity (Wildman–Crippen MR) is 73.6 cm³/mol. The number of para-hydroxylation sites is 1. The molecule has 0 spiro atoms. The summed E-state index contributed by atoms with van der Waals surface area (Å²) in [5.74, 6) is 0.226. The molecule has 1 rings (SSSR count). The minimum atomic E-state index is -3.65. The Hall–Kier alpha value is -1.11. The van der Waals surface area contributed by atoms with Gasteiger partial charge in [0.1, 0.15) is 10.6 Å². The van der Waals surface area contributed by atoms with Gasteiger partial charge in [0.25, 0.3) is 0 Å². The second kappa shape index (κ2) is 7.47. The molecule has 0 heterocycles. The van der Waals surface area contributed by atoms with Crippen molar-refractivity contribution in [1.82, 2.24) is 4.72 Å². The lowest BCUT2D eigenvalue weighted by Crippen LogP contribution is -2.25. The third kappa shape index (κ3) is 5.59. The third-order valence-corrected chi connectivity index (χ3v) is 3.87. The van der Waals surface area contributed by atoms with Gasteiger partial charge in [-0.25, -0.2) is 13.1 Å². The smallest absolute Gasteiger partial charge is 0.244 e. The van der Waals surface area contributed by atoms with E-state index in [0.29, 0.717) is 25.6 Å². The molecular weight excluding hydrogens is 266 g/mol. The number of sulfonamides is 1. The molecule has 2 N–H and O–H groups in total. The Labute approximate surface area is 114 Å². The minimum absolute atomic E-state index is 0.0990. The first-order valence-electron chi connectivity index (χ1n) is 6.29. The van der Waals surface area contributed by atoms with E-state index in [4.69, 9.17) is 4.74 Å². The summed E-state index contributed by atoms with van der Waals surface area (Å²) in [5, 5.41) is 9.50. The van der Waals surface area contributed by atoms with Crippen molar-refractivity contribution in [1.29, 1.82) is 0 Å². The van der Waals surface area contributed by atoms with Crippen LogP contribution in [0, 0.1) is 5.92 Å². The molecule has 0 saturated heterocycles. The first-order valence-corrected chi connectivity index (χ1v) is 7.77. The Morgan fingerprint density at radius 1 is 1.32 bits per heavy atom. The number of nitrogens with one attached hydrogen (secondary N) is 1. The molecule has 0 atom stereocenters. The maximum Gasteiger partial charge on any atom is 0.244 e. The highest BCUT2D eigenvalue weighted by Crippen LogP contribution is 2.20. The van der Waals surface area contributed by atoms with Crippen molar-refractivity contribution < 1.29 is 18.3 Å². The maximum absolute atomic E-state index is 11.9. The molecular formula is C13H21NO4S. The molecule has 0 unspecified atom stereocenters. The minimum Gasteiger partial charge on any atom is -0.507 e. The summed E-state index contributed by atoms with van der Waals surface area (Å²) in [6.45, 7) is 5.59. The first kappa shape index (κ1) is 15.9. The van der Waals surface area contributed by atoms with E-state index < -0.39 is 10.0 Å². The van der Waals surface area contributed by atoms with Crippen LogP contribution in [-0.2, 0) is 14.8 Å². The van der Waals surface area contributed by atoms with Crippen LogP contribution in [-0.4, -0.2) is 33.3 Å². The molecule has 1 aromatic rings. The van der Waals surface area contributed by atoms with Crippen molar-refractivity contribution in [3.63, 3.8) is 0 Å². The fourth-order valence-electron chi connectivity index (χ4n) is 1.46. The molecule has 0 amide bonds. The quantitative estimate of drug-likeness (QED) is 0.714. The Balaban J connectivity index is 2.38. The normalized spacial score (nSPS) is 11.9. The highest BCUT2D eigenvalue weighted by molar-refractivity contribution is 7.89. The first-order chi connectivity index (χ1) is 8.93. The van der Waals surface area contributed by atoms with E-state index in [-0.39, 0.29) is 17.2 Å². The van der Waals surface area contributed by atoms with Crippen molar-refractivity contribution in [2.45, 2.75) is 25.2 Å². The van der Waals surface area contributed by atoms with E-state index in [0.717, 1.165) is 0 Å². The van der Waals surface area contributed by atoms with Gasteiger partial charge in [0, 0.05) is 19.8 Å². The number of benzene rings is 1. The number of ether oxygens (including phenoxy) is 1. The lowest BCUT2D eigenvalue weighted by Gasteiger charge is -2.09. The lowest BCUT2D eigenvalue weighted by molar-refractivity contribution is 0.108. The van der Waals surface area contributed by atoms with Gasteiger partial charge in [0.15, 0.2) is 0 Å². The fraction of sp³-hybridized carbons (Fsp3) is 0.538. The van der Waals surface area contributed by atoms with Gasteiger partial charge in [-0.15, -0.1) is 0 Å². The number of phenolic OH excluding ortho intramolecular Hbond substituents is 1. The van der Waals surface area contributed by atoms with E-state index in [1.807, 2.05) is 0 Å². The second-order valence-corrected chi connectivity index (χ2v) is 6.42. The van der Waals surface area contributed by atoms with Crippen LogP contribution < -0.4 is 4.72 Å². The molecule has 0 fully saturated rings. The molecule has 6 heteroatoms. The molecule has 0 aromatic heterocycles. The zero-order chi connectivity index (χ0) is 14.3. The molecule has 0 bridgehead atoms. The molecule has 108 valence electrons. The van der Waals surface area contributed by atoms with E-state index >= 15 is 0 Å². The van der Waals surface area contributed by atoms with Crippen LogP contribution in [0.1, 0.15) is 20.3 Å². The third-order valence-electron chi connectivity index (χ3n) is 2.36. The lowest BCUT2D eigenvalue weighted by atomic mass is 10.2. The average molecular weight is 287 g/mol. The number of rotatable bonds is 8. The van der Waals surface area contributed by atoms with Crippen LogP contribution in [0.4, 0.5) is 0 Å². The van der Waals surface area contributed by atoms with Crippen molar-refractivity contribution >= 4 is 10.0 Å². The Morgan fingerprint density at radius 3 is 2.63 bits per heavy atom. The number of phenols is 1. The van der Waals surface area contributed by atoms with Gasteiger partial charge in [0.2, 0.25) is 10.0 Å². The van der Waals surface area contributed by atoms with E-state index in [9.17, 15) is 13.5 Å². The molecule has 0 aliphatic rings. The van der Waals surface area contributed by atoms with Gasteiger partial charge in [-0.1, -0.05) is 26.0 Å². The molecule has 1 aromatic carbocycles. The van der Waals surface area contributed by atoms with Gasteiger partial charge in [-0.2, -0.15) is 0 Å². The Morgan fingerprint density at radius 2 is 2.00 bits per heavy atom. The SMILES string of the molecule is CC(C)COCCCNS(=O)(=O)c1ccccc1O. The zero-order valence-electron chi connectivity index (χ0n) is 11.3. The standard InChI is InChI=1S/C13H21NO4S/c1-11(2)10-18-9-5-8-14-19(16,17)13-7-4-3-6-12(13)15/h3-4,6-7,11,14-15H,5,8-10H2,1-2H3. The highest BCUT2D eigenvalue weighted by Gasteiger charge is 2.16. The van der Waals surface area contributed by atoms with Crippen LogP contribution >= 0.6 is 0 Å². The van der Waals surface area contributed by atoms with Crippen LogP contribution in [0.25, 0.3) is 0 Å². The zero-order valence-corrected chi connectivity index (χ0v) is 12.1. The highest BCUT2D eigenvalue weighted by atomic mass is 32.2. The summed E-state index contributed by atoms with van der Waals surface area (Å²) in [6, 6.07) is 5.86. The predicted octanol–water partition coefficient (Wildman–Crippen LogP) is 1.73. The van der Waals surface area contributed by atoms with Crippen molar-refractivity contribution in [3.8, 4) is 5.75 Å². The van der Waals surface area contributed by atoms with Gasteiger partial charge in [-0.3, -0.25) is 0 Å². The number of aromatic hydroxyl groups is 1. The topological polar surface area (TPSA) is 75.6 Å². The maximum atomic E-state index is 11.9. The van der Waals surface area contributed by atoms with Crippen LogP contribution in [0.5, 0.6) is 5.75 Å². The fourth-order valence-corrected chi connectivity index (χ4v) is 2.63. The van der Waals surface area contributed by atoms with Gasteiger partial charge >= 0.3 is 0 Å². The summed E-state index contributed by atoms with van der Waals surface area (Å²) in [5.41, 5.74) is 0. The van der Waals surface area contributed by atoms with Crippen LogP contribution in [0.2, 0.25) is 0 Å². The van der Waals surface area contributed by atoms with Crippen molar-refractivity contribution in [3.05, 3.63) is 24.3 Å². The van der Waals surface area contributed by atoms with E-state index in [1.54, 1.807) is 12.1 Å². The summed E-state index contributed by atoms with van der Waals surface area (Å²) >= 11 is 0.